The molecule has 6 nitrogen and oxygen atoms in total. The van der Waals surface area contributed by atoms with Crippen LogP contribution in [0.4, 0.5) is 9.39 Å². The molecule has 0 saturated heterocycles. The van der Waals surface area contributed by atoms with Crippen LogP contribution in [0.15, 0.2) is 41.7 Å². The molecule has 1 amide bonds. The Bertz CT molecular complexity index is 1160. The number of amides is 1. The standard InChI is InChI=1S/C24H24FN3O3S2/c1-3-31-23(30)21-17-9-4-14(2)12-19(17)33-22(21)28-20(29)13-32-24-26-11-10-18(27-24)15-5-7-16(25)8-6-15/h5-8,10-11,14H,3-4,9,12-13H2,1-2H3,(H,28,29)/t14-/m0/s1. The second-order valence-electron chi connectivity index (χ2n) is 7.84. The van der Waals surface area contributed by atoms with Gasteiger partial charge in [0.25, 0.3) is 0 Å². The summed E-state index contributed by atoms with van der Waals surface area (Å²) in [7, 11) is 0. The number of ether oxygens (including phenoxy) is 1. The van der Waals surface area contributed by atoms with Gasteiger partial charge in [-0.05, 0) is 68.0 Å². The smallest absolute Gasteiger partial charge is 0.341 e. The molecular weight excluding hydrogens is 461 g/mol. The molecule has 4 rings (SSSR count). The maximum atomic E-state index is 13.2. The molecule has 1 aliphatic rings. The van der Waals surface area contributed by atoms with Crippen LogP contribution >= 0.6 is 23.1 Å². The van der Waals surface area contributed by atoms with Crippen LogP contribution in [-0.4, -0.2) is 34.2 Å². The average molecular weight is 486 g/mol. The third kappa shape index (κ3) is 5.59. The van der Waals surface area contributed by atoms with E-state index in [-0.39, 0.29) is 30.1 Å². The molecule has 9 heteroatoms. The van der Waals surface area contributed by atoms with Crippen LogP contribution in [0, 0.1) is 11.7 Å². The molecule has 33 heavy (non-hydrogen) atoms. The van der Waals surface area contributed by atoms with Gasteiger partial charge in [-0.1, -0.05) is 18.7 Å². The number of thiophene rings is 1. The maximum absolute atomic E-state index is 13.2. The van der Waals surface area contributed by atoms with Crippen molar-refractivity contribution in [3.63, 3.8) is 0 Å². The second kappa shape index (κ2) is 10.4. The lowest BCUT2D eigenvalue weighted by Gasteiger charge is -2.18. The molecule has 0 radical (unpaired) electrons. The number of aromatic nitrogens is 2. The van der Waals surface area contributed by atoms with E-state index in [1.165, 1.54) is 35.2 Å². The number of hydrogen-bond acceptors (Lipinski definition) is 7. The summed E-state index contributed by atoms with van der Waals surface area (Å²) in [5.41, 5.74) is 2.92. The fraction of sp³-hybridized carbons (Fsp3) is 0.333. The summed E-state index contributed by atoms with van der Waals surface area (Å²) in [5, 5.41) is 3.90. The normalized spacial score (nSPS) is 15.1. The number of carbonyl (C=O) groups is 2. The molecule has 1 atom stereocenters. The SMILES string of the molecule is CCOC(=O)c1c(NC(=O)CSc2nccc(-c3ccc(F)cc3)n2)sc2c1CC[C@H](C)C2. The predicted octanol–water partition coefficient (Wildman–Crippen LogP) is 5.38. The molecule has 2 heterocycles. The van der Waals surface area contributed by atoms with Crippen molar-refractivity contribution >= 4 is 40.0 Å². The molecule has 0 bridgehead atoms. The molecule has 1 aliphatic carbocycles. The fourth-order valence-corrected chi connectivity index (χ4v) is 5.79. The van der Waals surface area contributed by atoms with Gasteiger partial charge in [-0.15, -0.1) is 11.3 Å². The Kier molecular flexibility index (Phi) is 7.39. The van der Waals surface area contributed by atoms with Crippen molar-refractivity contribution in [3.8, 4) is 11.3 Å². The Morgan fingerprint density at radius 3 is 2.82 bits per heavy atom. The minimum atomic E-state index is -0.386. The molecule has 172 valence electrons. The highest BCUT2D eigenvalue weighted by molar-refractivity contribution is 7.99. The van der Waals surface area contributed by atoms with Gasteiger partial charge in [-0.2, -0.15) is 0 Å². The summed E-state index contributed by atoms with van der Waals surface area (Å²) < 4.78 is 18.4. The molecule has 1 N–H and O–H groups in total. The summed E-state index contributed by atoms with van der Waals surface area (Å²) in [6, 6.07) is 7.78. The Morgan fingerprint density at radius 2 is 2.06 bits per heavy atom. The highest BCUT2D eigenvalue weighted by atomic mass is 32.2. The van der Waals surface area contributed by atoms with E-state index in [9.17, 15) is 14.0 Å². The van der Waals surface area contributed by atoms with E-state index in [4.69, 9.17) is 4.74 Å². The number of benzene rings is 1. The first-order valence-electron chi connectivity index (χ1n) is 10.8. The average Bonchev–Trinajstić information content (AvgIpc) is 3.15. The Hall–Kier alpha value is -2.78. The van der Waals surface area contributed by atoms with Gasteiger partial charge in [0.05, 0.1) is 23.6 Å². The third-order valence-electron chi connectivity index (χ3n) is 5.35. The number of fused-ring (bicyclic) bond motifs is 1. The number of rotatable bonds is 7. The van der Waals surface area contributed by atoms with Crippen LogP contribution in [0.1, 0.15) is 41.1 Å². The monoisotopic (exact) mass is 485 g/mol. The van der Waals surface area contributed by atoms with E-state index in [2.05, 4.69) is 22.2 Å². The van der Waals surface area contributed by atoms with Crippen molar-refractivity contribution in [2.24, 2.45) is 5.92 Å². The maximum Gasteiger partial charge on any atom is 0.341 e. The van der Waals surface area contributed by atoms with Gasteiger partial charge in [0.15, 0.2) is 5.16 Å². The number of nitrogens with one attached hydrogen (secondary N) is 1. The molecule has 0 aliphatic heterocycles. The van der Waals surface area contributed by atoms with Gasteiger partial charge < -0.3 is 10.1 Å². The molecule has 2 aromatic heterocycles. The first-order valence-corrected chi connectivity index (χ1v) is 12.6. The molecule has 3 aromatic rings. The van der Waals surface area contributed by atoms with Gasteiger partial charge in [-0.25, -0.2) is 19.2 Å². The lowest BCUT2D eigenvalue weighted by Crippen LogP contribution is -2.17. The van der Waals surface area contributed by atoms with Crippen molar-refractivity contribution in [1.82, 2.24) is 9.97 Å². The fourth-order valence-electron chi connectivity index (χ4n) is 3.74. The lowest BCUT2D eigenvalue weighted by molar-refractivity contribution is -0.113. The highest BCUT2D eigenvalue weighted by Crippen LogP contribution is 2.40. The summed E-state index contributed by atoms with van der Waals surface area (Å²) in [5.74, 6) is -0.300. The quantitative estimate of drug-likeness (QED) is 0.275. The number of thioether (sulfide) groups is 1. The highest BCUT2D eigenvalue weighted by Gasteiger charge is 2.29. The van der Waals surface area contributed by atoms with Crippen molar-refractivity contribution in [3.05, 3.63) is 58.3 Å². The minimum Gasteiger partial charge on any atom is -0.462 e. The summed E-state index contributed by atoms with van der Waals surface area (Å²) in [4.78, 5) is 35.2. The molecular formula is C24H24FN3O3S2. The number of anilines is 1. The van der Waals surface area contributed by atoms with E-state index in [0.29, 0.717) is 27.3 Å². The third-order valence-corrected chi connectivity index (χ3v) is 7.38. The summed E-state index contributed by atoms with van der Waals surface area (Å²) >= 11 is 2.67. The zero-order valence-corrected chi connectivity index (χ0v) is 20.0. The van der Waals surface area contributed by atoms with Crippen LogP contribution in [-0.2, 0) is 22.4 Å². The number of halogens is 1. The van der Waals surface area contributed by atoms with E-state index < -0.39 is 0 Å². The molecule has 0 spiro atoms. The molecule has 1 aromatic carbocycles. The molecule has 0 unspecified atom stereocenters. The van der Waals surface area contributed by atoms with E-state index in [0.717, 1.165) is 35.3 Å². The topological polar surface area (TPSA) is 81.2 Å². The van der Waals surface area contributed by atoms with E-state index in [1.54, 1.807) is 31.3 Å². The largest absolute Gasteiger partial charge is 0.462 e. The van der Waals surface area contributed by atoms with Crippen molar-refractivity contribution in [2.75, 3.05) is 17.7 Å². The lowest BCUT2D eigenvalue weighted by atomic mass is 9.88. The summed E-state index contributed by atoms with van der Waals surface area (Å²) in [6.07, 6.45) is 4.34. The number of esters is 1. The zero-order valence-electron chi connectivity index (χ0n) is 18.4. The predicted molar refractivity (Wildman–Crippen MR) is 128 cm³/mol. The van der Waals surface area contributed by atoms with E-state index in [1.807, 2.05) is 0 Å². The van der Waals surface area contributed by atoms with Crippen LogP contribution in [0.5, 0.6) is 0 Å². The molecule has 0 fully saturated rings. The van der Waals surface area contributed by atoms with Gasteiger partial charge in [0, 0.05) is 16.6 Å². The number of hydrogen-bond donors (Lipinski definition) is 1. The first kappa shape index (κ1) is 23.4. The number of carbonyl (C=O) groups excluding carboxylic acids is 2. The van der Waals surface area contributed by atoms with Crippen LogP contribution in [0.2, 0.25) is 0 Å². The second-order valence-corrected chi connectivity index (χ2v) is 9.89. The zero-order chi connectivity index (χ0) is 23.4. The van der Waals surface area contributed by atoms with Gasteiger partial charge in [-0.3, -0.25) is 4.79 Å². The minimum absolute atomic E-state index is 0.0914. The Morgan fingerprint density at radius 1 is 1.27 bits per heavy atom. The van der Waals surface area contributed by atoms with Gasteiger partial charge in [0.2, 0.25) is 5.91 Å². The summed E-state index contributed by atoms with van der Waals surface area (Å²) in [6.45, 7) is 4.25. The van der Waals surface area contributed by atoms with Gasteiger partial charge >= 0.3 is 5.97 Å². The van der Waals surface area contributed by atoms with E-state index >= 15 is 0 Å². The number of nitrogens with zero attached hydrogens (tertiary/aromatic N) is 2. The van der Waals surface area contributed by atoms with Crippen molar-refractivity contribution in [1.29, 1.82) is 0 Å². The van der Waals surface area contributed by atoms with Crippen molar-refractivity contribution in [2.45, 2.75) is 38.3 Å². The Labute approximate surface area is 200 Å². The first-order chi connectivity index (χ1) is 15.9. The van der Waals surface area contributed by atoms with Crippen LogP contribution in [0.25, 0.3) is 11.3 Å². The Balaban J connectivity index is 1.46. The molecule has 0 saturated carbocycles. The van der Waals surface area contributed by atoms with Crippen molar-refractivity contribution < 1.29 is 18.7 Å². The van der Waals surface area contributed by atoms with Crippen LogP contribution in [0.3, 0.4) is 0 Å². The van der Waals surface area contributed by atoms with Gasteiger partial charge in [0.1, 0.15) is 10.8 Å². The van der Waals surface area contributed by atoms with Crippen LogP contribution < -0.4 is 5.32 Å².